The monoisotopic (exact) mass is 346 g/mol. The van der Waals surface area contributed by atoms with E-state index in [2.05, 4.69) is 0 Å². The summed E-state index contributed by atoms with van der Waals surface area (Å²) in [6, 6.07) is 12.3. The maximum absolute atomic E-state index is 12.9. The van der Waals surface area contributed by atoms with Gasteiger partial charge in [-0.05, 0) is 42.5 Å². The van der Waals surface area contributed by atoms with E-state index >= 15 is 0 Å². The third-order valence-corrected chi connectivity index (χ3v) is 4.25. The Bertz CT molecular complexity index is 756. The van der Waals surface area contributed by atoms with Gasteiger partial charge < -0.3 is 9.80 Å². The second-order valence-electron chi connectivity index (χ2n) is 5.60. The van der Waals surface area contributed by atoms with Gasteiger partial charge in [-0.15, -0.1) is 0 Å². The van der Waals surface area contributed by atoms with Crippen molar-refractivity contribution in [2.24, 2.45) is 0 Å². The molecule has 2 aromatic carbocycles. The van der Waals surface area contributed by atoms with Gasteiger partial charge in [0.2, 0.25) is 0 Å². The van der Waals surface area contributed by atoms with E-state index in [1.807, 2.05) is 0 Å². The van der Waals surface area contributed by atoms with Crippen molar-refractivity contribution in [2.75, 3.05) is 26.2 Å². The van der Waals surface area contributed by atoms with E-state index in [9.17, 15) is 14.0 Å². The van der Waals surface area contributed by atoms with Crippen LogP contribution in [0.2, 0.25) is 5.02 Å². The summed E-state index contributed by atoms with van der Waals surface area (Å²) in [5, 5.41) is 0.519. The molecule has 2 amide bonds. The number of hydrogen-bond donors (Lipinski definition) is 0. The fourth-order valence-electron chi connectivity index (χ4n) is 2.69. The Morgan fingerprint density at radius 1 is 0.833 bits per heavy atom. The molecule has 4 nitrogen and oxygen atoms in total. The van der Waals surface area contributed by atoms with Gasteiger partial charge in [-0.2, -0.15) is 0 Å². The molecule has 0 aliphatic carbocycles. The van der Waals surface area contributed by atoms with Crippen molar-refractivity contribution in [2.45, 2.75) is 0 Å². The van der Waals surface area contributed by atoms with Gasteiger partial charge in [0.05, 0.1) is 0 Å². The fraction of sp³-hybridized carbons (Fsp3) is 0.222. The lowest BCUT2D eigenvalue weighted by atomic mass is 10.1. The van der Waals surface area contributed by atoms with E-state index < -0.39 is 0 Å². The molecule has 0 saturated carbocycles. The molecule has 124 valence electrons. The Kier molecular flexibility index (Phi) is 4.81. The molecular weight excluding hydrogens is 331 g/mol. The Morgan fingerprint density at radius 2 is 1.38 bits per heavy atom. The quantitative estimate of drug-likeness (QED) is 0.838. The molecule has 1 aliphatic heterocycles. The zero-order valence-corrected chi connectivity index (χ0v) is 13.7. The summed E-state index contributed by atoms with van der Waals surface area (Å²) in [6.07, 6.45) is 0. The third kappa shape index (κ3) is 3.57. The number of amides is 2. The normalized spacial score (nSPS) is 14.6. The standard InChI is InChI=1S/C18H16ClFN2O2/c19-15-3-1-2-14(12-15)18(24)22-10-8-21(9-11-22)17(23)13-4-6-16(20)7-5-13/h1-7,12H,8-11H2. The molecule has 1 fully saturated rings. The molecule has 1 heterocycles. The summed E-state index contributed by atoms with van der Waals surface area (Å²) >= 11 is 5.92. The van der Waals surface area contributed by atoms with E-state index in [1.165, 1.54) is 24.3 Å². The summed E-state index contributed by atoms with van der Waals surface area (Å²) in [4.78, 5) is 28.2. The molecule has 0 N–H and O–H groups in total. The largest absolute Gasteiger partial charge is 0.335 e. The molecule has 0 unspecified atom stereocenters. The summed E-state index contributed by atoms with van der Waals surface area (Å²) in [7, 11) is 0. The van der Waals surface area contributed by atoms with Crippen LogP contribution in [0.3, 0.4) is 0 Å². The van der Waals surface area contributed by atoms with Crippen molar-refractivity contribution < 1.29 is 14.0 Å². The van der Waals surface area contributed by atoms with Crippen molar-refractivity contribution >= 4 is 23.4 Å². The molecule has 0 bridgehead atoms. The number of piperazine rings is 1. The first kappa shape index (κ1) is 16.5. The van der Waals surface area contributed by atoms with Crippen molar-refractivity contribution in [3.8, 4) is 0 Å². The molecule has 6 heteroatoms. The van der Waals surface area contributed by atoms with Crippen LogP contribution in [0.15, 0.2) is 48.5 Å². The van der Waals surface area contributed by atoms with E-state index in [0.29, 0.717) is 42.3 Å². The minimum Gasteiger partial charge on any atom is -0.335 e. The molecule has 0 radical (unpaired) electrons. The minimum absolute atomic E-state index is 0.0913. The van der Waals surface area contributed by atoms with E-state index in [1.54, 1.807) is 34.1 Å². The molecule has 1 aliphatic rings. The average Bonchev–Trinajstić information content (AvgIpc) is 2.61. The number of carbonyl (C=O) groups excluding carboxylic acids is 2. The lowest BCUT2D eigenvalue weighted by Crippen LogP contribution is -2.50. The lowest BCUT2D eigenvalue weighted by molar-refractivity contribution is 0.0535. The van der Waals surface area contributed by atoms with E-state index in [4.69, 9.17) is 11.6 Å². The highest BCUT2D eigenvalue weighted by Crippen LogP contribution is 2.15. The van der Waals surface area contributed by atoms with Gasteiger partial charge in [-0.3, -0.25) is 9.59 Å². The third-order valence-electron chi connectivity index (χ3n) is 4.02. The van der Waals surface area contributed by atoms with Crippen LogP contribution in [0.5, 0.6) is 0 Å². The van der Waals surface area contributed by atoms with Crippen molar-refractivity contribution in [1.29, 1.82) is 0 Å². The predicted molar refractivity (Wildman–Crippen MR) is 89.7 cm³/mol. The van der Waals surface area contributed by atoms with Gasteiger partial charge in [0, 0.05) is 42.3 Å². The first-order valence-corrected chi connectivity index (χ1v) is 8.02. The number of carbonyl (C=O) groups is 2. The van der Waals surface area contributed by atoms with Crippen LogP contribution in [0, 0.1) is 5.82 Å². The number of benzene rings is 2. The first-order valence-electron chi connectivity index (χ1n) is 7.64. The maximum atomic E-state index is 12.9. The molecular formula is C18H16ClFN2O2. The van der Waals surface area contributed by atoms with Gasteiger partial charge >= 0.3 is 0 Å². The second kappa shape index (κ2) is 7.01. The van der Waals surface area contributed by atoms with Crippen LogP contribution in [-0.2, 0) is 0 Å². The molecule has 2 aromatic rings. The molecule has 3 rings (SSSR count). The highest BCUT2D eigenvalue weighted by molar-refractivity contribution is 6.30. The van der Waals surface area contributed by atoms with Crippen molar-refractivity contribution in [3.05, 3.63) is 70.5 Å². The summed E-state index contributed by atoms with van der Waals surface area (Å²) in [6.45, 7) is 1.81. The van der Waals surface area contributed by atoms with Gasteiger partial charge in [-0.25, -0.2) is 4.39 Å². The number of halogens is 2. The second-order valence-corrected chi connectivity index (χ2v) is 6.04. The number of rotatable bonds is 2. The van der Waals surface area contributed by atoms with Gasteiger partial charge in [-0.1, -0.05) is 17.7 Å². The smallest absolute Gasteiger partial charge is 0.254 e. The van der Waals surface area contributed by atoms with Crippen LogP contribution in [0.25, 0.3) is 0 Å². The highest BCUT2D eigenvalue weighted by Gasteiger charge is 2.25. The molecule has 0 spiro atoms. The Balaban J connectivity index is 1.62. The lowest BCUT2D eigenvalue weighted by Gasteiger charge is -2.35. The van der Waals surface area contributed by atoms with E-state index in [-0.39, 0.29) is 17.6 Å². The highest BCUT2D eigenvalue weighted by atomic mass is 35.5. The maximum Gasteiger partial charge on any atom is 0.254 e. The van der Waals surface area contributed by atoms with Crippen molar-refractivity contribution in [3.63, 3.8) is 0 Å². The fourth-order valence-corrected chi connectivity index (χ4v) is 2.88. The summed E-state index contributed by atoms with van der Waals surface area (Å²) < 4.78 is 12.9. The topological polar surface area (TPSA) is 40.6 Å². The molecule has 0 atom stereocenters. The van der Waals surface area contributed by atoms with Gasteiger partial charge in [0.15, 0.2) is 0 Å². The molecule has 0 aromatic heterocycles. The van der Waals surface area contributed by atoms with Crippen LogP contribution in [0.1, 0.15) is 20.7 Å². The first-order chi connectivity index (χ1) is 11.5. The van der Waals surface area contributed by atoms with Crippen LogP contribution >= 0.6 is 11.6 Å². The van der Waals surface area contributed by atoms with E-state index in [0.717, 1.165) is 0 Å². The SMILES string of the molecule is O=C(c1ccc(F)cc1)N1CCN(C(=O)c2cccc(Cl)c2)CC1. The predicted octanol–water partition coefficient (Wildman–Crippen LogP) is 3.08. The Hall–Kier alpha value is -2.40. The Labute approximate surface area is 144 Å². The van der Waals surface area contributed by atoms with Gasteiger partial charge in [0.1, 0.15) is 5.82 Å². The average molecular weight is 347 g/mol. The van der Waals surface area contributed by atoms with Gasteiger partial charge in [0.25, 0.3) is 11.8 Å². The zero-order valence-electron chi connectivity index (χ0n) is 12.9. The summed E-state index contributed by atoms with van der Waals surface area (Å²) in [5.41, 5.74) is 0.992. The number of hydrogen-bond acceptors (Lipinski definition) is 2. The number of nitrogens with zero attached hydrogens (tertiary/aromatic N) is 2. The van der Waals surface area contributed by atoms with Crippen LogP contribution in [0.4, 0.5) is 4.39 Å². The van der Waals surface area contributed by atoms with Crippen molar-refractivity contribution in [1.82, 2.24) is 9.80 Å². The van der Waals surface area contributed by atoms with Crippen LogP contribution < -0.4 is 0 Å². The molecule has 24 heavy (non-hydrogen) atoms. The molecule has 1 saturated heterocycles. The summed E-state index contributed by atoms with van der Waals surface area (Å²) in [5.74, 6) is -0.611. The zero-order chi connectivity index (χ0) is 17.1. The Morgan fingerprint density at radius 3 is 1.92 bits per heavy atom. The minimum atomic E-state index is -0.372. The van der Waals surface area contributed by atoms with Crippen LogP contribution in [-0.4, -0.2) is 47.8 Å².